The van der Waals surface area contributed by atoms with Crippen molar-refractivity contribution in [3.05, 3.63) is 29.8 Å². The maximum absolute atomic E-state index is 12.4. The Kier molecular flexibility index (Phi) is 4.33. The number of nitrogens with two attached hydrogens (primary N) is 1. The number of phenols is 1. The number of hydrogen-bond donors (Lipinski definition) is 2. The minimum absolute atomic E-state index is 0.161. The van der Waals surface area contributed by atoms with Crippen molar-refractivity contribution in [2.45, 2.75) is 57.7 Å². The van der Waals surface area contributed by atoms with Gasteiger partial charge in [0.2, 0.25) is 5.91 Å². The fourth-order valence-corrected chi connectivity index (χ4v) is 2.23. The summed E-state index contributed by atoms with van der Waals surface area (Å²) in [6, 6.07) is 7.48. The van der Waals surface area contributed by atoms with Crippen molar-refractivity contribution in [1.82, 2.24) is 4.90 Å². The molecule has 1 aromatic rings. The number of hydrogen-bond acceptors (Lipinski definition) is 3. The van der Waals surface area contributed by atoms with E-state index in [-0.39, 0.29) is 17.2 Å². The Labute approximate surface area is 120 Å². The maximum Gasteiger partial charge on any atom is 0.223 e. The average molecular weight is 276 g/mol. The first-order valence-electron chi connectivity index (χ1n) is 7.21. The van der Waals surface area contributed by atoms with Crippen molar-refractivity contribution in [3.63, 3.8) is 0 Å². The number of carbonyl (C=O) groups excluding carboxylic acids is 1. The monoisotopic (exact) mass is 276 g/mol. The Morgan fingerprint density at radius 3 is 2.70 bits per heavy atom. The molecule has 4 heteroatoms. The van der Waals surface area contributed by atoms with Crippen LogP contribution in [0.3, 0.4) is 0 Å². The summed E-state index contributed by atoms with van der Waals surface area (Å²) < 4.78 is 0. The van der Waals surface area contributed by atoms with E-state index >= 15 is 0 Å². The number of amides is 1. The number of carbonyl (C=O) groups is 1. The Morgan fingerprint density at radius 2 is 2.15 bits per heavy atom. The van der Waals surface area contributed by atoms with Crippen LogP contribution in [0.2, 0.25) is 0 Å². The van der Waals surface area contributed by atoms with Crippen LogP contribution in [0, 0.1) is 0 Å². The van der Waals surface area contributed by atoms with Crippen LogP contribution in [0.5, 0.6) is 5.75 Å². The summed E-state index contributed by atoms with van der Waals surface area (Å²) in [6.45, 7) is 4.46. The fourth-order valence-electron chi connectivity index (χ4n) is 2.23. The number of aromatic hydroxyl groups is 1. The largest absolute Gasteiger partial charge is 0.508 e. The molecule has 0 atom stereocenters. The summed E-state index contributed by atoms with van der Waals surface area (Å²) in [5.41, 5.74) is 6.60. The van der Waals surface area contributed by atoms with Crippen molar-refractivity contribution in [2.24, 2.45) is 5.73 Å². The highest BCUT2D eigenvalue weighted by molar-refractivity contribution is 5.77. The molecule has 1 fully saturated rings. The summed E-state index contributed by atoms with van der Waals surface area (Å²) in [6.07, 6.45) is 3.33. The first kappa shape index (κ1) is 14.9. The van der Waals surface area contributed by atoms with E-state index in [1.54, 1.807) is 12.1 Å². The maximum atomic E-state index is 12.4. The van der Waals surface area contributed by atoms with Gasteiger partial charge in [-0.1, -0.05) is 12.1 Å². The van der Waals surface area contributed by atoms with Gasteiger partial charge in [0.25, 0.3) is 0 Å². The lowest BCUT2D eigenvalue weighted by Crippen LogP contribution is -2.37. The molecule has 3 N–H and O–H groups in total. The molecule has 110 valence electrons. The normalized spacial score (nSPS) is 15.2. The molecule has 0 aromatic heterocycles. The lowest BCUT2D eigenvalue weighted by Gasteiger charge is -2.25. The highest BCUT2D eigenvalue weighted by atomic mass is 16.3. The predicted octanol–water partition coefficient (Wildman–Crippen LogP) is 2.40. The molecular weight excluding hydrogens is 252 g/mol. The van der Waals surface area contributed by atoms with E-state index in [1.807, 2.05) is 30.9 Å². The molecule has 1 aromatic carbocycles. The molecule has 0 saturated heterocycles. The van der Waals surface area contributed by atoms with Gasteiger partial charge >= 0.3 is 0 Å². The molecule has 0 heterocycles. The summed E-state index contributed by atoms with van der Waals surface area (Å²) in [5.74, 6) is 0.406. The number of nitrogens with zero attached hydrogens (tertiary/aromatic N) is 1. The van der Waals surface area contributed by atoms with Gasteiger partial charge in [-0.15, -0.1) is 0 Å². The second kappa shape index (κ2) is 5.83. The van der Waals surface area contributed by atoms with Gasteiger partial charge in [0.05, 0.1) is 0 Å². The SMILES string of the molecule is CC(C)(N)CCC(=O)N(Cc1cccc(O)c1)C1CC1. The van der Waals surface area contributed by atoms with Crippen LogP contribution >= 0.6 is 0 Å². The van der Waals surface area contributed by atoms with Gasteiger partial charge in [0.15, 0.2) is 0 Å². The zero-order valence-electron chi connectivity index (χ0n) is 12.3. The molecule has 0 aliphatic heterocycles. The first-order valence-corrected chi connectivity index (χ1v) is 7.21. The van der Waals surface area contributed by atoms with Crippen LogP contribution < -0.4 is 5.73 Å². The Morgan fingerprint density at radius 1 is 1.45 bits per heavy atom. The van der Waals surface area contributed by atoms with Crippen LogP contribution in [-0.4, -0.2) is 27.5 Å². The fraction of sp³-hybridized carbons (Fsp3) is 0.562. The third kappa shape index (κ3) is 4.53. The van der Waals surface area contributed by atoms with Gasteiger partial charge in [-0.25, -0.2) is 0 Å². The molecule has 4 nitrogen and oxygen atoms in total. The summed E-state index contributed by atoms with van der Waals surface area (Å²) >= 11 is 0. The van der Waals surface area contributed by atoms with E-state index in [1.165, 1.54) is 0 Å². The van der Waals surface area contributed by atoms with Crippen LogP contribution in [0.4, 0.5) is 0 Å². The summed E-state index contributed by atoms with van der Waals surface area (Å²) in [7, 11) is 0. The predicted molar refractivity (Wildman–Crippen MR) is 79.2 cm³/mol. The van der Waals surface area contributed by atoms with Crippen molar-refractivity contribution in [3.8, 4) is 5.75 Å². The number of rotatable bonds is 6. The van der Waals surface area contributed by atoms with E-state index in [9.17, 15) is 9.90 Å². The first-order chi connectivity index (χ1) is 9.35. The minimum Gasteiger partial charge on any atom is -0.508 e. The van der Waals surface area contributed by atoms with Crippen molar-refractivity contribution in [1.29, 1.82) is 0 Å². The molecule has 0 bridgehead atoms. The molecule has 1 aliphatic carbocycles. The van der Waals surface area contributed by atoms with E-state index < -0.39 is 0 Å². The van der Waals surface area contributed by atoms with Gasteiger partial charge in [-0.05, 0) is 50.8 Å². The third-order valence-corrected chi connectivity index (χ3v) is 3.55. The summed E-state index contributed by atoms with van der Waals surface area (Å²) in [5, 5.41) is 9.51. The zero-order valence-corrected chi connectivity index (χ0v) is 12.3. The second-order valence-electron chi connectivity index (χ2n) is 6.41. The molecule has 1 aliphatic rings. The zero-order chi connectivity index (χ0) is 14.8. The Hall–Kier alpha value is -1.55. The molecule has 1 saturated carbocycles. The number of phenolic OH excluding ortho intramolecular Hbond substituents is 1. The smallest absolute Gasteiger partial charge is 0.223 e. The van der Waals surface area contributed by atoms with Gasteiger partial charge in [-0.3, -0.25) is 4.79 Å². The van der Waals surface area contributed by atoms with E-state index in [0.717, 1.165) is 18.4 Å². The highest BCUT2D eigenvalue weighted by Crippen LogP contribution is 2.30. The standard InChI is InChI=1S/C16H24N2O2/c1-16(2,17)9-8-15(20)18(13-6-7-13)11-12-4-3-5-14(19)10-12/h3-5,10,13,19H,6-9,11,17H2,1-2H3. The van der Waals surface area contributed by atoms with E-state index in [4.69, 9.17) is 5.73 Å². The van der Waals surface area contributed by atoms with Gasteiger partial charge in [0.1, 0.15) is 5.75 Å². The lowest BCUT2D eigenvalue weighted by molar-refractivity contribution is -0.132. The van der Waals surface area contributed by atoms with Crippen molar-refractivity contribution >= 4 is 5.91 Å². The van der Waals surface area contributed by atoms with Crippen molar-refractivity contribution < 1.29 is 9.90 Å². The minimum atomic E-state index is -0.310. The molecule has 0 unspecified atom stereocenters. The molecule has 0 radical (unpaired) electrons. The molecular formula is C16H24N2O2. The molecule has 20 heavy (non-hydrogen) atoms. The van der Waals surface area contributed by atoms with Crippen LogP contribution in [0.25, 0.3) is 0 Å². The van der Waals surface area contributed by atoms with Gasteiger partial charge in [0, 0.05) is 24.5 Å². The highest BCUT2D eigenvalue weighted by Gasteiger charge is 2.32. The summed E-state index contributed by atoms with van der Waals surface area (Å²) in [4.78, 5) is 14.3. The second-order valence-corrected chi connectivity index (χ2v) is 6.41. The lowest BCUT2D eigenvalue weighted by atomic mass is 9.99. The molecule has 2 rings (SSSR count). The van der Waals surface area contributed by atoms with Crippen LogP contribution in [0.1, 0.15) is 45.1 Å². The molecule has 1 amide bonds. The van der Waals surface area contributed by atoms with E-state index in [0.29, 0.717) is 25.4 Å². The van der Waals surface area contributed by atoms with Gasteiger partial charge < -0.3 is 15.7 Å². The topological polar surface area (TPSA) is 66.6 Å². The van der Waals surface area contributed by atoms with Crippen LogP contribution in [-0.2, 0) is 11.3 Å². The van der Waals surface area contributed by atoms with Gasteiger partial charge in [-0.2, -0.15) is 0 Å². The third-order valence-electron chi connectivity index (χ3n) is 3.55. The quantitative estimate of drug-likeness (QED) is 0.838. The molecule has 0 spiro atoms. The average Bonchev–Trinajstić information content (AvgIpc) is 3.16. The Bertz CT molecular complexity index is 476. The van der Waals surface area contributed by atoms with E-state index in [2.05, 4.69) is 0 Å². The van der Waals surface area contributed by atoms with Crippen molar-refractivity contribution in [2.75, 3.05) is 0 Å². The Balaban J connectivity index is 1.98. The van der Waals surface area contributed by atoms with Crippen LogP contribution in [0.15, 0.2) is 24.3 Å². The number of benzene rings is 1.